The Morgan fingerprint density at radius 1 is 1.04 bits per heavy atom. The van der Waals surface area contributed by atoms with Crippen molar-refractivity contribution >= 4 is 16.7 Å². The summed E-state index contributed by atoms with van der Waals surface area (Å²) in [6, 6.07) is 7.84. The molecule has 0 atom stereocenters. The minimum Gasteiger partial charge on any atom is -0.508 e. The van der Waals surface area contributed by atoms with Gasteiger partial charge < -0.3 is 5.11 Å². The summed E-state index contributed by atoms with van der Waals surface area (Å²) in [4.78, 5) is 4.09. The molecule has 0 radical (unpaired) electrons. The van der Waals surface area contributed by atoms with E-state index in [1.807, 2.05) is 0 Å². The van der Waals surface area contributed by atoms with Crippen LogP contribution in [0.2, 0.25) is 0 Å². The molecule has 0 fully saturated rings. The molecule has 1 heterocycles. The number of aliphatic hydroxyl groups is 1. The second kappa shape index (κ2) is 5.43. The van der Waals surface area contributed by atoms with Crippen molar-refractivity contribution in [1.29, 1.82) is 0 Å². The van der Waals surface area contributed by atoms with Crippen molar-refractivity contribution in [3.05, 3.63) is 71.7 Å². The first-order chi connectivity index (χ1) is 10.9. The first-order valence-corrected chi connectivity index (χ1v) is 6.82. The van der Waals surface area contributed by atoms with Crippen molar-refractivity contribution in [2.45, 2.75) is 6.92 Å². The molecule has 2 nitrogen and oxygen atoms in total. The first-order valence-electron chi connectivity index (χ1n) is 6.82. The summed E-state index contributed by atoms with van der Waals surface area (Å²) in [7, 11) is 0. The van der Waals surface area contributed by atoms with Gasteiger partial charge in [0.15, 0.2) is 5.82 Å². The molecular formula is C18H12F3NO. The van der Waals surface area contributed by atoms with Crippen molar-refractivity contribution in [2.75, 3.05) is 0 Å². The maximum Gasteiger partial charge on any atom is 0.153 e. The lowest BCUT2D eigenvalue weighted by atomic mass is 9.97. The molecule has 0 saturated carbocycles. The van der Waals surface area contributed by atoms with Crippen molar-refractivity contribution in [3.63, 3.8) is 0 Å². The van der Waals surface area contributed by atoms with E-state index in [1.54, 1.807) is 12.1 Å². The Bertz CT molecular complexity index is 930. The number of pyridine rings is 1. The van der Waals surface area contributed by atoms with Gasteiger partial charge in [-0.3, -0.25) is 4.98 Å². The van der Waals surface area contributed by atoms with Crippen LogP contribution >= 0.6 is 0 Å². The number of fused-ring (bicyclic) bond motifs is 1. The molecule has 23 heavy (non-hydrogen) atoms. The molecule has 0 amide bonds. The molecule has 0 aliphatic rings. The molecule has 1 N–H and O–H groups in total. The largest absolute Gasteiger partial charge is 0.508 e. The Kier molecular flexibility index (Phi) is 3.56. The van der Waals surface area contributed by atoms with E-state index in [9.17, 15) is 18.3 Å². The maximum absolute atomic E-state index is 14.6. The summed E-state index contributed by atoms with van der Waals surface area (Å²) < 4.78 is 42.9. The number of hydrogen-bond acceptors (Lipinski definition) is 2. The van der Waals surface area contributed by atoms with Gasteiger partial charge in [0.05, 0.1) is 16.8 Å². The minimum atomic E-state index is -0.871. The van der Waals surface area contributed by atoms with Gasteiger partial charge in [-0.2, -0.15) is 0 Å². The fourth-order valence-electron chi connectivity index (χ4n) is 2.52. The lowest BCUT2D eigenvalue weighted by Gasteiger charge is -2.13. The zero-order valence-electron chi connectivity index (χ0n) is 12.2. The zero-order valence-corrected chi connectivity index (χ0v) is 12.2. The summed E-state index contributed by atoms with van der Waals surface area (Å²) >= 11 is 0. The minimum absolute atomic E-state index is 0.0331. The van der Waals surface area contributed by atoms with Gasteiger partial charge in [0.1, 0.15) is 17.4 Å². The smallest absolute Gasteiger partial charge is 0.153 e. The number of aliphatic hydroxyl groups excluding tert-OH is 1. The highest BCUT2D eigenvalue weighted by Crippen LogP contribution is 2.36. The predicted octanol–water partition coefficient (Wildman–Crippen LogP) is 5.16. The molecule has 0 saturated heterocycles. The number of benzene rings is 2. The summed E-state index contributed by atoms with van der Waals surface area (Å²) in [5.41, 5.74) is 0.0465. The quantitative estimate of drug-likeness (QED) is 0.663. The van der Waals surface area contributed by atoms with Crippen LogP contribution in [0.25, 0.3) is 27.8 Å². The fourth-order valence-corrected chi connectivity index (χ4v) is 2.52. The van der Waals surface area contributed by atoms with Gasteiger partial charge in [0.25, 0.3) is 0 Å². The molecule has 0 spiro atoms. The van der Waals surface area contributed by atoms with E-state index in [4.69, 9.17) is 0 Å². The van der Waals surface area contributed by atoms with Crippen LogP contribution in [0.15, 0.2) is 43.0 Å². The number of hydrogen-bond donors (Lipinski definition) is 1. The highest BCUT2D eigenvalue weighted by Gasteiger charge is 2.21. The average Bonchev–Trinajstić information content (AvgIpc) is 2.50. The molecule has 1 aromatic heterocycles. The van der Waals surface area contributed by atoms with E-state index >= 15 is 0 Å². The molecule has 116 valence electrons. The first kappa shape index (κ1) is 15.1. The Morgan fingerprint density at radius 3 is 2.30 bits per heavy atom. The third-order valence-corrected chi connectivity index (χ3v) is 3.64. The van der Waals surface area contributed by atoms with Gasteiger partial charge in [-0.05, 0) is 37.3 Å². The third kappa shape index (κ3) is 2.44. The van der Waals surface area contributed by atoms with E-state index in [0.717, 1.165) is 12.1 Å². The molecule has 2 aromatic carbocycles. The van der Waals surface area contributed by atoms with E-state index < -0.39 is 23.0 Å². The standard InChI is InChI=1S/C18H12F3NO/c1-9-18(21)16(17-13(19)4-3-5-14(17)20)12-8-11(10(2)23)6-7-15(12)22-9/h3-8,23H,2H2,1H3. The summed E-state index contributed by atoms with van der Waals surface area (Å²) in [5, 5.41) is 9.72. The zero-order chi connectivity index (χ0) is 16.7. The number of aryl methyl sites for hydroxylation is 1. The van der Waals surface area contributed by atoms with Crippen LogP contribution < -0.4 is 0 Å². The number of halogens is 3. The molecular weight excluding hydrogens is 303 g/mol. The predicted molar refractivity (Wildman–Crippen MR) is 83.5 cm³/mol. The van der Waals surface area contributed by atoms with Crippen LogP contribution in [0.5, 0.6) is 0 Å². The third-order valence-electron chi connectivity index (χ3n) is 3.64. The molecule has 3 rings (SSSR count). The molecule has 0 unspecified atom stereocenters. The SMILES string of the molecule is C=C(O)c1ccc2nc(C)c(F)c(-c3c(F)cccc3F)c2c1. The Labute approximate surface area is 130 Å². The number of aromatic nitrogens is 1. The summed E-state index contributed by atoms with van der Waals surface area (Å²) in [5.74, 6) is -2.77. The van der Waals surface area contributed by atoms with Gasteiger partial charge >= 0.3 is 0 Å². The van der Waals surface area contributed by atoms with Crippen molar-refractivity contribution in [3.8, 4) is 11.1 Å². The van der Waals surface area contributed by atoms with Crippen LogP contribution in [0.4, 0.5) is 13.2 Å². The monoisotopic (exact) mass is 315 g/mol. The fraction of sp³-hybridized carbons (Fsp3) is 0.0556. The van der Waals surface area contributed by atoms with E-state index in [-0.39, 0.29) is 22.4 Å². The second-order valence-electron chi connectivity index (χ2n) is 5.16. The molecule has 0 aliphatic heterocycles. The highest BCUT2D eigenvalue weighted by molar-refractivity contribution is 5.96. The van der Waals surface area contributed by atoms with Crippen molar-refractivity contribution in [1.82, 2.24) is 4.98 Å². The molecule has 5 heteroatoms. The Hall–Kier alpha value is -2.82. The van der Waals surface area contributed by atoms with Crippen LogP contribution in [0, 0.1) is 24.4 Å². The van der Waals surface area contributed by atoms with Crippen LogP contribution in [-0.2, 0) is 0 Å². The van der Waals surface area contributed by atoms with Crippen LogP contribution in [0.3, 0.4) is 0 Å². The average molecular weight is 315 g/mol. The van der Waals surface area contributed by atoms with Gasteiger partial charge in [0, 0.05) is 16.5 Å². The van der Waals surface area contributed by atoms with Crippen LogP contribution in [-0.4, -0.2) is 10.1 Å². The Morgan fingerprint density at radius 2 is 1.70 bits per heavy atom. The van der Waals surface area contributed by atoms with Gasteiger partial charge in [-0.1, -0.05) is 12.6 Å². The highest BCUT2D eigenvalue weighted by atomic mass is 19.1. The topological polar surface area (TPSA) is 33.1 Å². The molecule has 0 aliphatic carbocycles. The number of rotatable bonds is 2. The number of nitrogens with zero attached hydrogens (tertiary/aromatic N) is 1. The van der Waals surface area contributed by atoms with E-state index in [1.165, 1.54) is 19.1 Å². The summed E-state index contributed by atoms with van der Waals surface area (Å²) in [6.07, 6.45) is 0. The van der Waals surface area contributed by atoms with Crippen molar-refractivity contribution < 1.29 is 18.3 Å². The van der Waals surface area contributed by atoms with Gasteiger partial charge in [-0.15, -0.1) is 0 Å². The second-order valence-corrected chi connectivity index (χ2v) is 5.16. The molecule has 3 aromatic rings. The lowest BCUT2D eigenvalue weighted by molar-refractivity contribution is 0.514. The lowest BCUT2D eigenvalue weighted by Crippen LogP contribution is -2.00. The van der Waals surface area contributed by atoms with Gasteiger partial charge in [-0.25, -0.2) is 13.2 Å². The van der Waals surface area contributed by atoms with Gasteiger partial charge in [0.2, 0.25) is 0 Å². The van der Waals surface area contributed by atoms with Crippen molar-refractivity contribution in [2.24, 2.45) is 0 Å². The molecule has 0 bridgehead atoms. The summed E-state index contributed by atoms with van der Waals surface area (Å²) in [6.45, 7) is 4.83. The van der Waals surface area contributed by atoms with E-state index in [0.29, 0.717) is 11.1 Å². The maximum atomic E-state index is 14.6. The Balaban J connectivity index is 2.49. The van der Waals surface area contributed by atoms with E-state index in [2.05, 4.69) is 11.6 Å². The normalized spacial score (nSPS) is 11.0. The van der Waals surface area contributed by atoms with Crippen LogP contribution in [0.1, 0.15) is 11.3 Å².